The molecule has 31 heavy (non-hydrogen) atoms. The summed E-state index contributed by atoms with van der Waals surface area (Å²) in [6.07, 6.45) is -1.62. The van der Waals surface area contributed by atoms with Gasteiger partial charge in [0, 0.05) is 45.1 Å². The van der Waals surface area contributed by atoms with E-state index in [9.17, 15) is 18.0 Å². The summed E-state index contributed by atoms with van der Waals surface area (Å²) in [4.78, 5) is 27.2. The van der Waals surface area contributed by atoms with Crippen molar-refractivity contribution in [1.82, 2.24) is 19.9 Å². The third-order valence-electron chi connectivity index (χ3n) is 5.41. The molecule has 0 amide bonds. The molecule has 1 aliphatic heterocycles. The van der Waals surface area contributed by atoms with E-state index in [1.165, 1.54) is 6.92 Å². The van der Waals surface area contributed by atoms with E-state index in [0.717, 1.165) is 37.6 Å². The first kappa shape index (κ1) is 20.8. The van der Waals surface area contributed by atoms with Crippen molar-refractivity contribution in [2.75, 3.05) is 31.1 Å². The van der Waals surface area contributed by atoms with Gasteiger partial charge in [-0.25, -0.2) is 4.98 Å². The summed E-state index contributed by atoms with van der Waals surface area (Å²) in [5.41, 5.74) is -0.746. The molecule has 160 valence electrons. The molecule has 0 unspecified atom stereocenters. The average molecular weight is 428 g/mol. The maximum absolute atomic E-state index is 13.1. The standard InChI is InChI=1S/C21H19F3N6O/c1-13-18(21(22,23)24)20(31)28-16-8-15(11-27-19(13)16)12-29-4-6-30(7-5-29)17-3-2-14(9-25)10-26-17/h2-3,8,10-11H,4-7,12H2,1H3,(H,28,31). The third-order valence-corrected chi connectivity index (χ3v) is 5.41. The Labute approximate surface area is 175 Å². The fourth-order valence-corrected chi connectivity index (χ4v) is 3.84. The Bertz CT molecular complexity index is 1210. The van der Waals surface area contributed by atoms with Crippen LogP contribution in [-0.2, 0) is 12.7 Å². The Balaban J connectivity index is 1.47. The molecule has 1 fully saturated rings. The van der Waals surface area contributed by atoms with Gasteiger partial charge < -0.3 is 9.88 Å². The second-order valence-corrected chi connectivity index (χ2v) is 7.47. The molecule has 0 atom stereocenters. The van der Waals surface area contributed by atoms with Crippen molar-refractivity contribution in [3.05, 3.63) is 63.2 Å². The van der Waals surface area contributed by atoms with Crippen molar-refractivity contribution in [2.45, 2.75) is 19.6 Å². The number of pyridine rings is 3. The van der Waals surface area contributed by atoms with Crippen molar-refractivity contribution in [3.63, 3.8) is 0 Å². The largest absolute Gasteiger partial charge is 0.422 e. The molecule has 0 aromatic carbocycles. The van der Waals surface area contributed by atoms with Crippen molar-refractivity contribution >= 4 is 16.9 Å². The molecular weight excluding hydrogens is 409 g/mol. The monoisotopic (exact) mass is 428 g/mol. The summed E-state index contributed by atoms with van der Waals surface area (Å²) in [6.45, 7) is 4.88. The lowest BCUT2D eigenvalue weighted by molar-refractivity contribution is -0.139. The van der Waals surface area contributed by atoms with Crippen LogP contribution in [0.15, 0.2) is 35.4 Å². The number of aromatic amines is 1. The van der Waals surface area contributed by atoms with Crippen molar-refractivity contribution < 1.29 is 13.2 Å². The van der Waals surface area contributed by atoms with E-state index in [0.29, 0.717) is 17.6 Å². The van der Waals surface area contributed by atoms with E-state index >= 15 is 0 Å². The maximum Gasteiger partial charge on any atom is 0.422 e. The van der Waals surface area contributed by atoms with Gasteiger partial charge in [-0.1, -0.05) is 0 Å². The van der Waals surface area contributed by atoms with Gasteiger partial charge in [0.2, 0.25) is 0 Å². The molecule has 4 heterocycles. The van der Waals surface area contributed by atoms with E-state index in [1.807, 2.05) is 12.1 Å². The van der Waals surface area contributed by atoms with Crippen LogP contribution in [0.5, 0.6) is 0 Å². The summed E-state index contributed by atoms with van der Waals surface area (Å²) >= 11 is 0. The molecule has 0 aliphatic carbocycles. The van der Waals surface area contributed by atoms with E-state index in [2.05, 4.69) is 24.8 Å². The van der Waals surface area contributed by atoms with Gasteiger partial charge in [-0.3, -0.25) is 14.7 Å². The van der Waals surface area contributed by atoms with Crippen LogP contribution in [0.3, 0.4) is 0 Å². The number of nitriles is 1. The van der Waals surface area contributed by atoms with Gasteiger partial charge in [0.1, 0.15) is 17.5 Å². The molecule has 0 radical (unpaired) electrons. The van der Waals surface area contributed by atoms with Crippen LogP contribution in [0.1, 0.15) is 22.3 Å². The number of nitrogens with one attached hydrogen (secondary N) is 1. The summed E-state index contributed by atoms with van der Waals surface area (Å²) in [5, 5.41) is 8.87. The molecule has 1 saturated heterocycles. The number of hydrogen-bond donors (Lipinski definition) is 1. The van der Waals surface area contributed by atoms with Gasteiger partial charge in [-0.2, -0.15) is 18.4 Å². The highest BCUT2D eigenvalue weighted by Gasteiger charge is 2.36. The Morgan fingerprint density at radius 2 is 1.90 bits per heavy atom. The van der Waals surface area contributed by atoms with Crippen LogP contribution >= 0.6 is 0 Å². The second kappa shape index (κ2) is 8.00. The lowest BCUT2D eigenvalue weighted by Gasteiger charge is -2.35. The normalized spacial score (nSPS) is 15.3. The summed E-state index contributed by atoms with van der Waals surface area (Å²) < 4.78 is 39.4. The molecular formula is C21H19F3N6O. The zero-order chi connectivity index (χ0) is 22.2. The number of fused-ring (bicyclic) bond motifs is 1. The number of aromatic nitrogens is 3. The average Bonchev–Trinajstić information content (AvgIpc) is 2.73. The minimum Gasteiger partial charge on any atom is -0.354 e. The van der Waals surface area contributed by atoms with E-state index in [1.54, 1.807) is 24.5 Å². The van der Waals surface area contributed by atoms with Crippen LogP contribution in [0.4, 0.5) is 19.0 Å². The lowest BCUT2D eigenvalue weighted by atomic mass is 10.1. The van der Waals surface area contributed by atoms with Crippen molar-refractivity contribution in [2.24, 2.45) is 0 Å². The molecule has 0 spiro atoms. The van der Waals surface area contributed by atoms with Crippen molar-refractivity contribution in [1.29, 1.82) is 5.26 Å². The highest BCUT2D eigenvalue weighted by atomic mass is 19.4. The zero-order valence-electron chi connectivity index (χ0n) is 16.7. The first-order chi connectivity index (χ1) is 14.8. The number of alkyl halides is 3. The van der Waals surface area contributed by atoms with Gasteiger partial charge in [0.05, 0.1) is 16.6 Å². The molecule has 3 aromatic heterocycles. The molecule has 3 aromatic rings. The van der Waals surface area contributed by atoms with Crippen LogP contribution in [0, 0.1) is 18.3 Å². The second-order valence-electron chi connectivity index (χ2n) is 7.47. The SMILES string of the molecule is Cc1c(C(F)(F)F)c(=O)[nH]c2cc(CN3CCN(c4ccc(C#N)cn4)CC3)cnc12. The minimum atomic E-state index is -4.73. The predicted octanol–water partition coefficient (Wildman–Crippen LogP) is 2.84. The molecule has 7 nitrogen and oxygen atoms in total. The Morgan fingerprint density at radius 3 is 2.52 bits per heavy atom. The van der Waals surface area contributed by atoms with Gasteiger partial charge in [-0.15, -0.1) is 0 Å². The highest BCUT2D eigenvalue weighted by molar-refractivity contribution is 5.79. The Hall–Kier alpha value is -3.45. The van der Waals surface area contributed by atoms with Crippen LogP contribution < -0.4 is 10.5 Å². The number of aryl methyl sites for hydroxylation is 1. The van der Waals surface area contributed by atoms with E-state index < -0.39 is 17.3 Å². The number of anilines is 1. The van der Waals surface area contributed by atoms with Gasteiger partial charge in [-0.05, 0) is 36.2 Å². The highest BCUT2D eigenvalue weighted by Crippen LogP contribution is 2.31. The summed E-state index contributed by atoms with van der Waals surface area (Å²) in [5.74, 6) is 0.819. The topological polar surface area (TPSA) is 88.9 Å². The number of hydrogen-bond acceptors (Lipinski definition) is 6. The number of nitrogens with zero attached hydrogens (tertiary/aromatic N) is 5. The minimum absolute atomic E-state index is 0.146. The number of H-pyrrole nitrogens is 1. The van der Waals surface area contributed by atoms with Crippen LogP contribution in [0.2, 0.25) is 0 Å². The van der Waals surface area contributed by atoms with Crippen molar-refractivity contribution in [3.8, 4) is 6.07 Å². The van der Waals surface area contributed by atoms with Gasteiger partial charge >= 0.3 is 6.18 Å². The molecule has 10 heteroatoms. The van der Waals surface area contributed by atoms with Gasteiger partial charge in [0.25, 0.3) is 5.56 Å². The summed E-state index contributed by atoms with van der Waals surface area (Å²) in [6, 6.07) is 7.30. The van der Waals surface area contributed by atoms with Crippen LogP contribution in [-0.4, -0.2) is 46.0 Å². The smallest absolute Gasteiger partial charge is 0.354 e. The predicted molar refractivity (Wildman–Crippen MR) is 109 cm³/mol. The molecule has 0 bridgehead atoms. The van der Waals surface area contributed by atoms with Crippen LogP contribution in [0.25, 0.3) is 11.0 Å². The Kier molecular flexibility index (Phi) is 5.37. The first-order valence-electron chi connectivity index (χ1n) is 9.68. The fourth-order valence-electron chi connectivity index (χ4n) is 3.84. The fraction of sp³-hybridized carbons (Fsp3) is 0.333. The Morgan fingerprint density at radius 1 is 1.16 bits per heavy atom. The van der Waals surface area contributed by atoms with E-state index in [4.69, 9.17) is 5.26 Å². The molecule has 4 rings (SSSR count). The quantitative estimate of drug-likeness (QED) is 0.690. The molecule has 0 saturated carbocycles. The van der Waals surface area contributed by atoms with Gasteiger partial charge in [0.15, 0.2) is 0 Å². The first-order valence-corrected chi connectivity index (χ1v) is 9.68. The summed E-state index contributed by atoms with van der Waals surface area (Å²) in [7, 11) is 0. The zero-order valence-corrected chi connectivity index (χ0v) is 16.7. The van der Waals surface area contributed by atoms with E-state index in [-0.39, 0.29) is 11.1 Å². The number of piperazine rings is 1. The number of halogens is 3. The lowest BCUT2D eigenvalue weighted by Crippen LogP contribution is -2.46. The molecule has 1 N–H and O–H groups in total. The third kappa shape index (κ3) is 4.22. The number of rotatable bonds is 3. The molecule has 1 aliphatic rings. The maximum atomic E-state index is 13.1.